The van der Waals surface area contributed by atoms with E-state index < -0.39 is 0 Å². The normalized spacial score (nSPS) is 10.9. The number of thioether (sulfide) groups is 1. The van der Waals surface area contributed by atoms with E-state index in [4.69, 9.17) is 13.7 Å². The fourth-order valence-corrected chi connectivity index (χ4v) is 3.38. The minimum Gasteiger partial charge on any atom is -0.497 e. The highest BCUT2D eigenvalue weighted by Gasteiger charge is 2.17. The van der Waals surface area contributed by atoms with Crippen LogP contribution < -0.4 is 4.74 Å². The van der Waals surface area contributed by atoms with E-state index in [-0.39, 0.29) is 0 Å². The summed E-state index contributed by atoms with van der Waals surface area (Å²) in [4.78, 5) is 4.45. The summed E-state index contributed by atoms with van der Waals surface area (Å²) < 4.78 is 18.0. The summed E-state index contributed by atoms with van der Waals surface area (Å²) in [6.07, 6.45) is 3.39. The molecule has 0 bridgehead atoms. The second-order valence-corrected chi connectivity index (χ2v) is 6.66. The Kier molecular flexibility index (Phi) is 5.24. The van der Waals surface area contributed by atoms with Gasteiger partial charge in [0.1, 0.15) is 5.75 Å². The van der Waals surface area contributed by atoms with E-state index in [0.29, 0.717) is 40.8 Å². The topological polar surface area (TPSA) is 92.0 Å². The zero-order valence-corrected chi connectivity index (χ0v) is 15.9. The smallest absolute Gasteiger partial charge is 0.237 e. The van der Waals surface area contributed by atoms with Crippen LogP contribution in [0.5, 0.6) is 5.75 Å². The van der Waals surface area contributed by atoms with E-state index in [2.05, 4.69) is 26.9 Å². The number of hydrogen-bond acceptors (Lipinski definition) is 8. The minimum atomic E-state index is 0.463. The predicted octanol–water partition coefficient (Wildman–Crippen LogP) is 4.08. The lowest BCUT2D eigenvalue weighted by Gasteiger charge is -2.04. The van der Waals surface area contributed by atoms with Crippen LogP contribution in [0.4, 0.5) is 0 Å². The second kappa shape index (κ2) is 8.13. The number of furan rings is 1. The number of methoxy groups -OCH3 is 1. The lowest BCUT2D eigenvalue weighted by molar-refractivity contribution is 0.391. The third-order valence-corrected chi connectivity index (χ3v) is 4.84. The van der Waals surface area contributed by atoms with Crippen molar-refractivity contribution in [1.29, 1.82) is 0 Å². The van der Waals surface area contributed by atoms with Gasteiger partial charge in [0.05, 0.1) is 19.1 Å². The molecule has 8 nitrogen and oxygen atoms in total. The maximum atomic E-state index is 5.44. The summed E-state index contributed by atoms with van der Waals surface area (Å²) >= 11 is 1.45. The van der Waals surface area contributed by atoms with Gasteiger partial charge in [-0.2, -0.15) is 4.98 Å². The molecule has 0 aliphatic carbocycles. The van der Waals surface area contributed by atoms with Gasteiger partial charge in [0.15, 0.2) is 10.9 Å². The molecule has 4 aromatic rings. The first-order valence-electron chi connectivity index (χ1n) is 8.46. The molecule has 3 heterocycles. The maximum absolute atomic E-state index is 5.44. The summed E-state index contributed by atoms with van der Waals surface area (Å²) in [5.74, 6) is 3.51. The van der Waals surface area contributed by atoms with E-state index in [1.807, 2.05) is 41.0 Å². The average Bonchev–Trinajstić information content (AvgIpc) is 3.47. The highest BCUT2D eigenvalue weighted by Crippen LogP contribution is 2.27. The van der Waals surface area contributed by atoms with Crippen molar-refractivity contribution in [2.75, 3.05) is 7.11 Å². The Morgan fingerprint density at radius 3 is 2.96 bits per heavy atom. The Balaban J connectivity index is 1.51. The fraction of sp³-hybridized carbons (Fsp3) is 0.158. The van der Waals surface area contributed by atoms with Gasteiger partial charge in [0, 0.05) is 12.1 Å². The molecule has 1 aromatic carbocycles. The molecule has 0 spiro atoms. The Morgan fingerprint density at radius 2 is 2.18 bits per heavy atom. The van der Waals surface area contributed by atoms with Gasteiger partial charge in [-0.15, -0.1) is 16.8 Å². The molecule has 142 valence electrons. The molecule has 4 rings (SSSR count). The molecular weight excluding hydrogens is 378 g/mol. The summed E-state index contributed by atoms with van der Waals surface area (Å²) in [5, 5.41) is 13.3. The van der Waals surface area contributed by atoms with E-state index in [1.165, 1.54) is 11.8 Å². The first-order valence-corrected chi connectivity index (χ1v) is 9.45. The van der Waals surface area contributed by atoms with Crippen LogP contribution in [0.25, 0.3) is 23.0 Å². The van der Waals surface area contributed by atoms with Crippen LogP contribution in [-0.4, -0.2) is 32.0 Å². The summed E-state index contributed by atoms with van der Waals surface area (Å²) in [5.41, 5.74) is 0.828. The lowest BCUT2D eigenvalue weighted by Crippen LogP contribution is -2.00. The molecule has 3 aromatic heterocycles. The third kappa shape index (κ3) is 3.70. The van der Waals surface area contributed by atoms with Crippen LogP contribution in [0.3, 0.4) is 0 Å². The third-order valence-electron chi connectivity index (χ3n) is 3.89. The van der Waals surface area contributed by atoms with E-state index >= 15 is 0 Å². The Hall–Kier alpha value is -3.33. The van der Waals surface area contributed by atoms with Gasteiger partial charge in [-0.05, 0) is 24.3 Å². The van der Waals surface area contributed by atoms with E-state index in [1.54, 1.807) is 19.4 Å². The largest absolute Gasteiger partial charge is 0.497 e. The number of rotatable bonds is 8. The quantitative estimate of drug-likeness (QED) is 0.326. The molecule has 0 saturated heterocycles. The molecule has 9 heteroatoms. The van der Waals surface area contributed by atoms with Crippen molar-refractivity contribution in [3.8, 4) is 28.7 Å². The maximum Gasteiger partial charge on any atom is 0.237 e. The average molecular weight is 395 g/mol. The van der Waals surface area contributed by atoms with Gasteiger partial charge in [-0.1, -0.05) is 35.1 Å². The Labute approximate surface area is 165 Å². The van der Waals surface area contributed by atoms with Crippen LogP contribution in [-0.2, 0) is 12.3 Å². The fourth-order valence-electron chi connectivity index (χ4n) is 2.60. The minimum absolute atomic E-state index is 0.463. The second-order valence-electron chi connectivity index (χ2n) is 5.72. The molecule has 0 atom stereocenters. The van der Waals surface area contributed by atoms with Crippen LogP contribution in [0.1, 0.15) is 5.89 Å². The molecule has 0 unspecified atom stereocenters. The van der Waals surface area contributed by atoms with Crippen molar-refractivity contribution in [2.45, 2.75) is 17.5 Å². The number of aromatic nitrogens is 5. The molecule has 0 radical (unpaired) electrons. The number of hydrogen-bond donors (Lipinski definition) is 0. The number of allylic oxidation sites excluding steroid dienone is 1. The van der Waals surface area contributed by atoms with Gasteiger partial charge >= 0.3 is 0 Å². The first-order chi connectivity index (χ1) is 13.8. The SMILES string of the molecule is C=CCn1c(SCc2nc(-c3cccc(OC)c3)no2)nnc1-c1ccco1. The highest BCUT2D eigenvalue weighted by atomic mass is 32.2. The van der Waals surface area contributed by atoms with Gasteiger partial charge in [-0.3, -0.25) is 4.57 Å². The zero-order chi connectivity index (χ0) is 19.3. The van der Waals surface area contributed by atoms with Crippen molar-refractivity contribution in [3.05, 3.63) is 61.2 Å². The van der Waals surface area contributed by atoms with Crippen LogP contribution in [0.2, 0.25) is 0 Å². The van der Waals surface area contributed by atoms with Gasteiger partial charge in [-0.25, -0.2) is 0 Å². The molecule has 0 aliphatic heterocycles. The molecular formula is C19H17N5O3S. The van der Waals surface area contributed by atoms with Crippen LogP contribution >= 0.6 is 11.8 Å². The Morgan fingerprint density at radius 1 is 1.25 bits per heavy atom. The van der Waals surface area contributed by atoms with Gasteiger partial charge in [0.2, 0.25) is 17.5 Å². The predicted molar refractivity (Wildman–Crippen MR) is 104 cm³/mol. The zero-order valence-electron chi connectivity index (χ0n) is 15.1. The van der Waals surface area contributed by atoms with Crippen molar-refractivity contribution in [2.24, 2.45) is 0 Å². The summed E-state index contributed by atoms with van der Waals surface area (Å²) in [7, 11) is 1.62. The molecule has 0 N–H and O–H groups in total. The van der Waals surface area contributed by atoms with Crippen molar-refractivity contribution in [3.63, 3.8) is 0 Å². The first kappa shape index (κ1) is 18.1. The van der Waals surface area contributed by atoms with Crippen LogP contribution in [0.15, 0.2) is 69.4 Å². The molecule has 0 amide bonds. The number of ether oxygens (including phenoxy) is 1. The molecule has 28 heavy (non-hydrogen) atoms. The highest BCUT2D eigenvalue weighted by molar-refractivity contribution is 7.98. The van der Waals surface area contributed by atoms with Gasteiger partial charge < -0.3 is 13.7 Å². The van der Waals surface area contributed by atoms with Crippen LogP contribution in [0, 0.1) is 0 Å². The lowest BCUT2D eigenvalue weighted by atomic mass is 10.2. The van der Waals surface area contributed by atoms with E-state index in [9.17, 15) is 0 Å². The van der Waals surface area contributed by atoms with Crippen molar-refractivity contribution >= 4 is 11.8 Å². The van der Waals surface area contributed by atoms with Crippen molar-refractivity contribution < 1.29 is 13.7 Å². The Bertz CT molecular complexity index is 1070. The summed E-state index contributed by atoms with van der Waals surface area (Å²) in [6, 6.07) is 11.2. The molecule has 0 saturated carbocycles. The van der Waals surface area contributed by atoms with Crippen molar-refractivity contribution in [1.82, 2.24) is 24.9 Å². The number of benzene rings is 1. The van der Waals surface area contributed by atoms with Gasteiger partial charge in [0.25, 0.3) is 0 Å². The van der Waals surface area contributed by atoms with E-state index in [0.717, 1.165) is 11.3 Å². The molecule has 0 aliphatic rings. The molecule has 0 fully saturated rings. The monoisotopic (exact) mass is 395 g/mol. The number of nitrogens with zero attached hydrogens (tertiary/aromatic N) is 5. The standard InChI is InChI=1S/C19H17N5O3S/c1-3-9-24-18(15-8-5-10-26-15)21-22-19(24)28-12-16-20-17(23-27-16)13-6-4-7-14(11-13)25-2/h3-8,10-11H,1,9,12H2,2H3. The summed E-state index contributed by atoms with van der Waals surface area (Å²) in [6.45, 7) is 4.36.